The molecule has 2 amide bonds. The van der Waals surface area contributed by atoms with Gasteiger partial charge in [0.1, 0.15) is 5.69 Å². The Morgan fingerprint density at radius 2 is 2.14 bits per heavy atom. The van der Waals surface area contributed by atoms with Crippen LogP contribution in [0.2, 0.25) is 0 Å². The van der Waals surface area contributed by atoms with E-state index in [1.54, 1.807) is 11.3 Å². The van der Waals surface area contributed by atoms with Crippen molar-refractivity contribution < 1.29 is 9.32 Å². The molecule has 0 spiro atoms. The molecule has 2 aromatic heterocycles. The minimum absolute atomic E-state index is 0.197. The second-order valence-electron chi connectivity index (χ2n) is 4.62. The second kappa shape index (κ2) is 6.41. The molecule has 0 saturated carbocycles. The van der Waals surface area contributed by atoms with Crippen molar-refractivity contribution in [3.8, 4) is 0 Å². The number of fused-ring (bicyclic) bond motifs is 1. The number of para-hydroxylation sites is 1. The van der Waals surface area contributed by atoms with Crippen LogP contribution in [0, 0.1) is 0 Å². The Morgan fingerprint density at radius 3 is 3.00 bits per heavy atom. The van der Waals surface area contributed by atoms with Gasteiger partial charge in [-0.1, -0.05) is 17.3 Å². The van der Waals surface area contributed by atoms with Crippen molar-refractivity contribution in [2.24, 2.45) is 0 Å². The molecule has 0 aliphatic rings. The molecule has 108 valence electrons. The highest BCUT2D eigenvalue weighted by molar-refractivity contribution is 7.07. The predicted molar refractivity (Wildman–Crippen MR) is 82.3 cm³/mol. The summed E-state index contributed by atoms with van der Waals surface area (Å²) >= 11 is 1.66. The van der Waals surface area contributed by atoms with Crippen LogP contribution in [0.3, 0.4) is 0 Å². The van der Waals surface area contributed by atoms with E-state index in [1.165, 1.54) is 5.56 Å². The van der Waals surface area contributed by atoms with Crippen LogP contribution >= 0.6 is 11.3 Å². The summed E-state index contributed by atoms with van der Waals surface area (Å²) in [6.07, 6.45) is 0.837. The smallest absolute Gasteiger partial charge is 0.315 e. The van der Waals surface area contributed by atoms with Crippen LogP contribution in [0.25, 0.3) is 11.0 Å². The zero-order valence-corrected chi connectivity index (χ0v) is 12.2. The number of hydrogen-bond donors (Lipinski definition) is 2. The molecule has 0 aliphatic carbocycles. The lowest BCUT2D eigenvalue weighted by molar-refractivity contribution is 0.240. The molecular formula is C15H15N3O2S. The fourth-order valence-corrected chi connectivity index (χ4v) is 2.75. The number of carbonyl (C=O) groups is 1. The average Bonchev–Trinajstić information content (AvgIpc) is 3.14. The first-order valence-electron chi connectivity index (χ1n) is 6.69. The van der Waals surface area contributed by atoms with Gasteiger partial charge in [0.2, 0.25) is 0 Å². The van der Waals surface area contributed by atoms with Crippen LogP contribution in [0.1, 0.15) is 11.3 Å². The van der Waals surface area contributed by atoms with Crippen LogP contribution in [-0.2, 0) is 13.0 Å². The first kappa shape index (κ1) is 13.6. The van der Waals surface area contributed by atoms with Gasteiger partial charge in [-0.15, -0.1) is 0 Å². The molecule has 2 heterocycles. The lowest BCUT2D eigenvalue weighted by Gasteiger charge is -2.05. The summed E-state index contributed by atoms with van der Waals surface area (Å²) in [4.78, 5) is 11.7. The highest BCUT2D eigenvalue weighted by Gasteiger charge is 2.08. The molecular weight excluding hydrogens is 286 g/mol. The van der Waals surface area contributed by atoms with Crippen LogP contribution in [0.5, 0.6) is 0 Å². The molecule has 0 saturated heterocycles. The Hall–Kier alpha value is -2.34. The summed E-state index contributed by atoms with van der Waals surface area (Å²) in [5.74, 6) is 0. The first-order chi connectivity index (χ1) is 10.3. The fraction of sp³-hybridized carbons (Fsp3) is 0.200. The largest absolute Gasteiger partial charge is 0.356 e. The van der Waals surface area contributed by atoms with E-state index in [9.17, 15) is 4.79 Å². The molecule has 21 heavy (non-hydrogen) atoms. The van der Waals surface area contributed by atoms with Crippen molar-refractivity contribution >= 4 is 28.3 Å². The molecule has 0 bridgehead atoms. The van der Waals surface area contributed by atoms with Crippen molar-refractivity contribution in [2.75, 3.05) is 6.54 Å². The van der Waals surface area contributed by atoms with Crippen LogP contribution in [0.15, 0.2) is 45.6 Å². The van der Waals surface area contributed by atoms with Gasteiger partial charge in [-0.2, -0.15) is 11.3 Å². The zero-order chi connectivity index (χ0) is 14.5. The van der Waals surface area contributed by atoms with E-state index >= 15 is 0 Å². The van der Waals surface area contributed by atoms with Gasteiger partial charge < -0.3 is 15.2 Å². The summed E-state index contributed by atoms with van der Waals surface area (Å²) < 4.78 is 5.19. The molecule has 3 rings (SSSR count). The Bertz CT molecular complexity index is 721. The zero-order valence-electron chi connectivity index (χ0n) is 11.3. The Morgan fingerprint density at radius 1 is 1.24 bits per heavy atom. The maximum Gasteiger partial charge on any atom is 0.315 e. The fourth-order valence-electron chi connectivity index (χ4n) is 2.05. The average molecular weight is 301 g/mol. The predicted octanol–water partition coefficient (Wildman–Crippen LogP) is 2.93. The molecule has 0 atom stereocenters. The minimum atomic E-state index is -0.197. The number of hydrogen-bond acceptors (Lipinski definition) is 4. The van der Waals surface area contributed by atoms with Gasteiger partial charge in [0, 0.05) is 11.9 Å². The number of nitrogens with one attached hydrogen (secondary N) is 2. The van der Waals surface area contributed by atoms with Crippen molar-refractivity contribution in [1.29, 1.82) is 0 Å². The standard InChI is InChI=1S/C15H15N3O2S/c19-15(16-7-5-11-6-8-21-10-11)17-9-13-12-3-1-2-4-14(12)20-18-13/h1-4,6,8,10H,5,7,9H2,(H2,16,17,19). The normalized spacial score (nSPS) is 10.7. The molecule has 0 aliphatic heterocycles. The Balaban J connectivity index is 1.47. The van der Waals surface area contributed by atoms with Crippen molar-refractivity contribution in [2.45, 2.75) is 13.0 Å². The molecule has 0 radical (unpaired) electrons. The molecule has 0 fully saturated rings. The number of thiophene rings is 1. The summed E-state index contributed by atoms with van der Waals surface area (Å²) in [5, 5.41) is 14.6. The second-order valence-corrected chi connectivity index (χ2v) is 5.40. The summed E-state index contributed by atoms with van der Waals surface area (Å²) in [5.41, 5.74) is 2.70. The Kier molecular flexibility index (Phi) is 4.16. The van der Waals surface area contributed by atoms with Crippen molar-refractivity contribution in [3.05, 3.63) is 52.3 Å². The van der Waals surface area contributed by atoms with E-state index in [-0.39, 0.29) is 6.03 Å². The molecule has 5 nitrogen and oxygen atoms in total. The van der Waals surface area contributed by atoms with Gasteiger partial charge in [-0.3, -0.25) is 0 Å². The SMILES string of the molecule is O=C(NCCc1ccsc1)NCc1noc2ccccc12. The van der Waals surface area contributed by atoms with E-state index in [4.69, 9.17) is 4.52 Å². The molecule has 0 unspecified atom stereocenters. The third-order valence-corrected chi connectivity index (χ3v) is 3.88. The van der Waals surface area contributed by atoms with Gasteiger partial charge in [0.25, 0.3) is 0 Å². The maximum absolute atomic E-state index is 11.7. The highest BCUT2D eigenvalue weighted by atomic mass is 32.1. The van der Waals surface area contributed by atoms with E-state index in [0.29, 0.717) is 13.1 Å². The number of amides is 2. The Labute approximate surface area is 125 Å². The number of aromatic nitrogens is 1. The first-order valence-corrected chi connectivity index (χ1v) is 7.63. The van der Waals surface area contributed by atoms with E-state index in [1.807, 2.05) is 29.6 Å². The molecule has 3 aromatic rings. The van der Waals surface area contributed by atoms with Gasteiger partial charge >= 0.3 is 6.03 Å². The lowest BCUT2D eigenvalue weighted by atomic mass is 10.2. The van der Waals surface area contributed by atoms with Crippen molar-refractivity contribution in [1.82, 2.24) is 15.8 Å². The van der Waals surface area contributed by atoms with Gasteiger partial charge in [-0.25, -0.2) is 4.79 Å². The van der Waals surface area contributed by atoms with Crippen LogP contribution in [-0.4, -0.2) is 17.7 Å². The highest BCUT2D eigenvalue weighted by Crippen LogP contribution is 2.17. The van der Waals surface area contributed by atoms with Crippen LogP contribution < -0.4 is 10.6 Å². The number of benzene rings is 1. The van der Waals surface area contributed by atoms with Crippen LogP contribution in [0.4, 0.5) is 4.79 Å². The third-order valence-electron chi connectivity index (χ3n) is 3.15. The van der Waals surface area contributed by atoms with E-state index in [0.717, 1.165) is 23.1 Å². The third kappa shape index (κ3) is 3.41. The van der Waals surface area contributed by atoms with E-state index < -0.39 is 0 Å². The van der Waals surface area contributed by atoms with Gasteiger partial charge in [0.05, 0.1) is 6.54 Å². The quantitative estimate of drug-likeness (QED) is 0.761. The lowest BCUT2D eigenvalue weighted by Crippen LogP contribution is -2.36. The van der Waals surface area contributed by atoms with Gasteiger partial charge in [-0.05, 0) is 40.9 Å². The molecule has 6 heteroatoms. The maximum atomic E-state index is 11.7. The number of nitrogens with zero attached hydrogens (tertiary/aromatic N) is 1. The monoisotopic (exact) mass is 301 g/mol. The molecule has 2 N–H and O–H groups in total. The topological polar surface area (TPSA) is 67.2 Å². The summed E-state index contributed by atoms with van der Waals surface area (Å²) in [6.45, 7) is 0.962. The van der Waals surface area contributed by atoms with E-state index in [2.05, 4.69) is 27.2 Å². The van der Waals surface area contributed by atoms with Gasteiger partial charge in [0.15, 0.2) is 5.58 Å². The minimum Gasteiger partial charge on any atom is -0.356 e. The number of carbonyl (C=O) groups excluding carboxylic acids is 1. The number of rotatable bonds is 5. The molecule has 1 aromatic carbocycles. The van der Waals surface area contributed by atoms with Crippen molar-refractivity contribution in [3.63, 3.8) is 0 Å². The summed E-state index contributed by atoms with van der Waals surface area (Å²) in [6, 6.07) is 9.46. The summed E-state index contributed by atoms with van der Waals surface area (Å²) in [7, 11) is 0. The number of urea groups is 1.